The van der Waals surface area contributed by atoms with Gasteiger partial charge in [-0.25, -0.2) is 4.79 Å². The summed E-state index contributed by atoms with van der Waals surface area (Å²) in [7, 11) is 1.40. The highest BCUT2D eigenvalue weighted by atomic mass is 16.5. The van der Waals surface area contributed by atoms with Crippen molar-refractivity contribution in [2.24, 2.45) is 0 Å². The highest BCUT2D eigenvalue weighted by molar-refractivity contribution is 5.72. The second-order valence-corrected chi connectivity index (χ2v) is 6.77. The molecule has 1 fully saturated rings. The third-order valence-corrected chi connectivity index (χ3v) is 4.83. The number of carbonyl (C=O) groups is 1. The van der Waals surface area contributed by atoms with Crippen LogP contribution in [0.1, 0.15) is 18.4 Å². The van der Waals surface area contributed by atoms with Gasteiger partial charge in [0.2, 0.25) is 0 Å². The summed E-state index contributed by atoms with van der Waals surface area (Å²) in [5, 5.41) is 9.05. The molecule has 1 N–H and O–H groups in total. The van der Waals surface area contributed by atoms with E-state index in [1.807, 2.05) is 42.5 Å². The molecule has 0 saturated carbocycles. The van der Waals surface area contributed by atoms with E-state index in [4.69, 9.17) is 19.3 Å². The molecule has 6 heteroatoms. The molecule has 28 heavy (non-hydrogen) atoms. The number of hydrogen-bond acceptors (Lipinski definition) is 5. The second kappa shape index (κ2) is 9.99. The summed E-state index contributed by atoms with van der Waals surface area (Å²) in [4.78, 5) is 13.4. The Morgan fingerprint density at radius 2 is 1.71 bits per heavy atom. The van der Waals surface area contributed by atoms with E-state index in [1.165, 1.54) is 20.0 Å². The molecule has 1 saturated heterocycles. The molecule has 1 atom stereocenters. The summed E-state index contributed by atoms with van der Waals surface area (Å²) in [6, 6.07) is 15.5. The summed E-state index contributed by atoms with van der Waals surface area (Å²) in [6.07, 6.45) is 1.94. The third kappa shape index (κ3) is 5.39. The van der Waals surface area contributed by atoms with Gasteiger partial charge < -0.3 is 24.2 Å². The Hall–Kier alpha value is -2.73. The minimum Gasteiger partial charge on any atom is -0.490 e. The number of rotatable bonds is 10. The van der Waals surface area contributed by atoms with Gasteiger partial charge in [-0.05, 0) is 42.7 Å². The maximum Gasteiger partial charge on any atom is 0.333 e. The fourth-order valence-electron chi connectivity index (χ4n) is 3.32. The smallest absolute Gasteiger partial charge is 0.333 e. The fraction of sp³-hybridized carbons (Fsp3) is 0.409. The number of anilines is 1. The number of aliphatic carboxylic acids is 1. The molecule has 0 spiro atoms. The van der Waals surface area contributed by atoms with E-state index in [2.05, 4.69) is 11.0 Å². The monoisotopic (exact) mass is 385 g/mol. The van der Waals surface area contributed by atoms with Gasteiger partial charge in [-0.1, -0.05) is 24.3 Å². The first-order valence-electron chi connectivity index (χ1n) is 9.61. The molecular weight excluding hydrogens is 358 g/mol. The van der Waals surface area contributed by atoms with Crippen molar-refractivity contribution in [3.63, 3.8) is 0 Å². The maximum atomic E-state index is 11.0. The van der Waals surface area contributed by atoms with Crippen LogP contribution in [0.4, 0.5) is 5.69 Å². The Kier molecular flexibility index (Phi) is 7.14. The first-order valence-corrected chi connectivity index (χ1v) is 9.61. The zero-order chi connectivity index (χ0) is 19.8. The standard InChI is InChI=1S/C22H27NO5/c1-26-21(22(24)25)16-17-8-10-18(11-9-17)27-14-15-28-20-7-3-2-6-19(20)23-12-4-5-13-23/h2-3,6-11,21H,4-5,12-16H2,1H3,(H,24,25)/t21-/m0/s1. The number of nitrogens with zero attached hydrogens (tertiary/aromatic N) is 1. The van der Waals surface area contributed by atoms with Gasteiger partial charge in [0, 0.05) is 26.6 Å². The molecule has 6 nitrogen and oxygen atoms in total. The SMILES string of the molecule is CO[C@@H](Cc1ccc(OCCOc2ccccc2N2CCCC2)cc1)C(=O)O. The Morgan fingerprint density at radius 1 is 1.04 bits per heavy atom. The highest BCUT2D eigenvalue weighted by Gasteiger charge is 2.17. The van der Waals surface area contributed by atoms with Crippen molar-refractivity contribution in [3.8, 4) is 11.5 Å². The number of para-hydroxylation sites is 2. The summed E-state index contributed by atoms with van der Waals surface area (Å²) < 4.78 is 16.6. The molecule has 1 aliphatic heterocycles. The molecule has 1 aliphatic rings. The third-order valence-electron chi connectivity index (χ3n) is 4.83. The minimum absolute atomic E-state index is 0.322. The Balaban J connectivity index is 1.46. The minimum atomic E-state index is -0.964. The molecule has 1 heterocycles. The average molecular weight is 385 g/mol. The Morgan fingerprint density at radius 3 is 2.39 bits per heavy atom. The molecule has 0 radical (unpaired) electrons. The maximum absolute atomic E-state index is 11.0. The van der Waals surface area contributed by atoms with Crippen molar-refractivity contribution in [1.29, 1.82) is 0 Å². The van der Waals surface area contributed by atoms with Crippen LogP contribution in [-0.2, 0) is 16.0 Å². The summed E-state index contributed by atoms with van der Waals surface area (Å²) in [5.41, 5.74) is 2.04. The van der Waals surface area contributed by atoms with Gasteiger partial charge in [0.1, 0.15) is 24.7 Å². The first-order chi connectivity index (χ1) is 13.7. The normalized spacial score (nSPS) is 14.7. The Bertz CT molecular complexity index is 756. The number of benzene rings is 2. The van der Waals surface area contributed by atoms with Gasteiger partial charge in [0.25, 0.3) is 0 Å². The molecule has 0 unspecified atom stereocenters. The first kappa shape index (κ1) is 20.0. The molecule has 3 rings (SSSR count). The molecule has 0 bridgehead atoms. The zero-order valence-electron chi connectivity index (χ0n) is 16.2. The van der Waals surface area contributed by atoms with Crippen LogP contribution in [0.2, 0.25) is 0 Å². The number of methoxy groups -OCH3 is 1. The van der Waals surface area contributed by atoms with E-state index in [9.17, 15) is 4.79 Å². The lowest BCUT2D eigenvalue weighted by atomic mass is 10.1. The van der Waals surface area contributed by atoms with Crippen LogP contribution < -0.4 is 14.4 Å². The van der Waals surface area contributed by atoms with E-state index < -0.39 is 12.1 Å². The van der Waals surface area contributed by atoms with Gasteiger partial charge in [-0.3, -0.25) is 0 Å². The topological polar surface area (TPSA) is 68.2 Å². The van der Waals surface area contributed by atoms with Crippen LogP contribution in [0.15, 0.2) is 48.5 Å². The predicted molar refractivity (Wildman–Crippen MR) is 107 cm³/mol. The number of carboxylic acids is 1. The van der Waals surface area contributed by atoms with Gasteiger partial charge in [0.05, 0.1) is 5.69 Å². The molecule has 0 amide bonds. The lowest BCUT2D eigenvalue weighted by Gasteiger charge is -2.21. The number of ether oxygens (including phenoxy) is 3. The van der Waals surface area contributed by atoms with Crippen molar-refractivity contribution in [1.82, 2.24) is 0 Å². The molecule has 2 aromatic rings. The van der Waals surface area contributed by atoms with E-state index in [0.29, 0.717) is 19.6 Å². The van der Waals surface area contributed by atoms with E-state index >= 15 is 0 Å². The Labute approximate surface area is 165 Å². The van der Waals surface area contributed by atoms with Crippen LogP contribution >= 0.6 is 0 Å². The van der Waals surface area contributed by atoms with Gasteiger partial charge in [0.15, 0.2) is 6.10 Å². The van der Waals surface area contributed by atoms with E-state index in [1.54, 1.807) is 0 Å². The van der Waals surface area contributed by atoms with Gasteiger partial charge in [-0.15, -0.1) is 0 Å². The molecule has 0 aliphatic carbocycles. The van der Waals surface area contributed by atoms with E-state index in [0.717, 1.165) is 35.8 Å². The lowest BCUT2D eigenvalue weighted by molar-refractivity contribution is -0.148. The summed E-state index contributed by atoms with van der Waals surface area (Å²) in [5.74, 6) is 0.654. The van der Waals surface area contributed by atoms with Crippen molar-refractivity contribution in [3.05, 3.63) is 54.1 Å². The summed E-state index contributed by atoms with van der Waals surface area (Å²) in [6.45, 7) is 3.05. The summed E-state index contributed by atoms with van der Waals surface area (Å²) >= 11 is 0. The quantitative estimate of drug-likeness (QED) is 0.633. The van der Waals surface area contributed by atoms with Crippen molar-refractivity contribution in [2.75, 3.05) is 38.3 Å². The molecular formula is C22H27NO5. The van der Waals surface area contributed by atoms with Crippen molar-refractivity contribution < 1.29 is 24.1 Å². The van der Waals surface area contributed by atoms with Crippen LogP contribution in [0, 0.1) is 0 Å². The number of hydrogen-bond donors (Lipinski definition) is 1. The van der Waals surface area contributed by atoms with Crippen LogP contribution in [-0.4, -0.2) is 50.6 Å². The zero-order valence-corrected chi connectivity index (χ0v) is 16.2. The van der Waals surface area contributed by atoms with Gasteiger partial charge >= 0.3 is 5.97 Å². The average Bonchev–Trinajstić information content (AvgIpc) is 3.25. The van der Waals surface area contributed by atoms with Crippen molar-refractivity contribution >= 4 is 11.7 Å². The van der Waals surface area contributed by atoms with Crippen LogP contribution in [0.5, 0.6) is 11.5 Å². The fourth-order valence-corrected chi connectivity index (χ4v) is 3.32. The van der Waals surface area contributed by atoms with Crippen molar-refractivity contribution in [2.45, 2.75) is 25.4 Å². The predicted octanol–water partition coefficient (Wildman–Crippen LogP) is 3.39. The highest BCUT2D eigenvalue weighted by Crippen LogP contribution is 2.30. The lowest BCUT2D eigenvalue weighted by Crippen LogP contribution is -2.24. The van der Waals surface area contributed by atoms with Gasteiger partial charge in [-0.2, -0.15) is 0 Å². The molecule has 2 aromatic carbocycles. The largest absolute Gasteiger partial charge is 0.490 e. The molecule has 150 valence electrons. The van der Waals surface area contributed by atoms with E-state index in [-0.39, 0.29) is 0 Å². The van der Waals surface area contributed by atoms with Crippen LogP contribution in [0.3, 0.4) is 0 Å². The second-order valence-electron chi connectivity index (χ2n) is 6.77. The molecule has 0 aromatic heterocycles. The number of carboxylic acid groups (broad SMARTS) is 1. The van der Waals surface area contributed by atoms with Crippen LogP contribution in [0.25, 0.3) is 0 Å².